The number of rotatable bonds is 5. The third kappa shape index (κ3) is 3.91. The van der Waals surface area contributed by atoms with Gasteiger partial charge in [0.05, 0.1) is 13.4 Å². The van der Waals surface area contributed by atoms with Crippen LogP contribution in [0.3, 0.4) is 0 Å². The Morgan fingerprint density at radius 1 is 1.28 bits per heavy atom. The predicted octanol–water partition coefficient (Wildman–Crippen LogP) is 2.13. The molecule has 1 fully saturated rings. The molecule has 132 valence electrons. The van der Waals surface area contributed by atoms with Crippen LogP contribution in [0.1, 0.15) is 28.1 Å². The number of methoxy groups -OCH3 is 1. The average Bonchev–Trinajstić information content (AvgIpc) is 3.26. The number of esters is 1. The van der Waals surface area contributed by atoms with E-state index in [0.29, 0.717) is 19.5 Å². The highest BCUT2D eigenvalue weighted by Crippen LogP contribution is 2.23. The summed E-state index contributed by atoms with van der Waals surface area (Å²) in [7, 11) is 1.39. The van der Waals surface area contributed by atoms with E-state index < -0.39 is 0 Å². The molecule has 2 aromatic rings. The molecule has 0 radical (unpaired) electrons. The van der Waals surface area contributed by atoms with E-state index in [1.807, 2.05) is 12.1 Å². The molecule has 2 atom stereocenters. The molecule has 0 unspecified atom stereocenters. The second kappa shape index (κ2) is 7.53. The Bertz CT molecular complexity index is 742. The maximum atomic E-state index is 12.2. The number of carbonyl (C=O) groups excluding carboxylic acids is 2. The largest absolute Gasteiger partial charge is 0.468 e. The molecule has 0 saturated carbocycles. The molecule has 6 nitrogen and oxygen atoms in total. The zero-order chi connectivity index (χ0) is 17.8. The van der Waals surface area contributed by atoms with Crippen LogP contribution in [0.4, 0.5) is 0 Å². The monoisotopic (exact) mass is 342 g/mol. The van der Waals surface area contributed by atoms with E-state index in [2.05, 4.69) is 29.3 Å². The summed E-state index contributed by atoms with van der Waals surface area (Å²) >= 11 is 0. The van der Waals surface area contributed by atoms with Gasteiger partial charge in [-0.1, -0.05) is 24.3 Å². The summed E-state index contributed by atoms with van der Waals surface area (Å²) in [5.41, 5.74) is 2.34. The normalized spacial score (nSPS) is 20.4. The van der Waals surface area contributed by atoms with Gasteiger partial charge in [0.15, 0.2) is 5.76 Å². The van der Waals surface area contributed by atoms with Crippen molar-refractivity contribution in [2.75, 3.05) is 13.7 Å². The zero-order valence-electron chi connectivity index (χ0n) is 14.4. The van der Waals surface area contributed by atoms with Crippen molar-refractivity contribution < 1.29 is 18.7 Å². The Labute approximate surface area is 146 Å². The van der Waals surface area contributed by atoms with E-state index in [4.69, 9.17) is 9.15 Å². The molecule has 0 aliphatic carbocycles. The Hall–Kier alpha value is -2.60. The number of ether oxygens (including phenoxy) is 1. The minimum absolute atomic E-state index is 0.134. The van der Waals surface area contributed by atoms with E-state index in [1.165, 1.54) is 18.9 Å². The molecular weight excluding hydrogens is 320 g/mol. The molecule has 1 aromatic carbocycles. The number of likely N-dealkylation sites (tertiary alicyclic amines) is 1. The first kappa shape index (κ1) is 17.2. The fraction of sp³-hybridized carbons (Fsp3) is 0.368. The van der Waals surface area contributed by atoms with Crippen LogP contribution in [0.25, 0.3) is 0 Å². The fourth-order valence-corrected chi connectivity index (χ4v) is 3.23. The van der Waals surface area contributed by atoms with E-state index in [-0.39, 0.29) is 29.7 Å². The second-order valence-electron chi connectivity index (χ2n) is 6.28. The van der Waals surface area contributed by atoms with Gasteiger partial charge in [0.1, 0.15) is 6.04 Å². The van der Waals surface area contributed by atoms with Crippen LogP contribution in [0, 0.1) is 6.92 Å². The third-order valence-electron chi connectivity index (χ3n) is 4.59. The number of hydrogen-bond acceptors (Lipinski definition) is 5. The van der Waals surface area contributed by atoms with Crippen molar-refractivity contribution in [1.82, 2.24) is 10.2 Å². The lowest BCUT2D eigenvalue weighted by atomic mass is 10.1. The Morgan fingerprint density at radius 2 is 2.08 bits per heavy atom. The number of hydrogen-bond donors (Lipinski definition) is 1. The van der Waals surface area contributed by atoms with Crippen LogP contribution in [0.15, 0.2) is 47.1 Å². The van der Waals surface area contributed by atoms with Gasteiger partial charge in [-0.15, -0.1) is 0 Å². The first-order valence-electron chi connectivity index (χ1n) is 8.29. The van der Waals surface area contributed by atoms with Crippen LogP contribution >= 0.6 is 0 Å². The maximum absolute atomic E-state index is 12.2. The SMILES string of the molecule is COC(=O)[C@@H]1C[C@H](NC(=O)c2ccco2)CN1Cc1ccccc1C. The maximum Gasteiger partial charge on any atom is 0.323 e. The number of amides is 1. The summed E-state index contributed by atoms with van der Waals surface area (Å²) in [4.78, 5) is 26.4. The summed E-state index contributed by atoms with van der Waals surface area (Å²) in [6.45, 7) is 3.27. The minimum Gasteiger partial charge on any atom is -0.468 e. The number of aryl methyl sites for hydroxylation is 1. The molecule has 1 aromatic heterocycles. The molecule has 0 bridgehead atoms. The number of furan rings is 1. The Kier molecular flexibility index (Phi) is 5.19. The first-order chi connectivity index (χ1) is 12.1. The molecule has 0 spiro atoms. The summed E-state index contributed by atoms with van der Waals surface area (Å²) in [5, 5.41) is 2.94. The van der Waals surface area contributed by atoms with Crippen LogP contribution in [0.2, 0.25) is 0 Å². The lowest BCUT2D eigenvalue weighted by Crippen LogP contribution is -2.37. The molecule has 1 amide bonds. The van der Waals surface area contributed by atoms with Gasteiger partial charge in [-0.25, -0.2) is 0 Å². The van der Waals surface area contributed by atoms with Gasteiger partial charge in [0.25, 0.3) is 5.91 Å². The molecule has 2 heterocycles. The molecular formula is C19H22N2O4. The summed E-state index contributed by atoms with van der Waals surface area (Å²) in [6.07, 6.45) is 1.98. The van der Waals surface area contributed by atoms with Gasteiger partial charge in [0, 0.05) is 19.1 Å². The summed E-state index contributed by atoms with van der Waals surface area (Å²) in [5.74, 6) is -0.272. The Balaban J connectivity index is 1.71. The van der Waals surface area contributed by atoms with E-state index in [0.717, 1.165) is 5.56 Å². The quantitative estimate of drug-likeness (QED) is 0.843. The first-order valence-corrected chi connectivity index (χ1v) is 8.29. The molecule has 25 heavy (non-hydrogen) atoms. The van der Waals surface area contributed by atoms with Gasteiger partial charge in [-0.3, -0.25) is 14.5 Å². The lowest BCUT2D eigenvalue weighted by Gasteiger charge is -2.23. The molecule has 1 aliphatic rings. The zero-order valence-corrected chi connectivity index (χ0v) is 14.4. The minimum atomic E-state index is -0.369. The van der Waals surface area contributed by atoms with Crippen LogP contribution < -0.4 is 5.32 Å². The highest BCUT2D eigenvalue weighted by Gasteiger charge is 2.38. The molecule has 1 N–H and O–H groups in total. The number of nitrogens with zero attached hydrogens (tertiary/aromatic N) is 1. The highest BCUT2D eigenvalue weighted by atomic mass is 16.5. The van der Waals surface area contributed by atoms with Crippen LogP contribution in [-0.2, 0) is 16.1 Å². The Morgan fingerprint density at radius 3 is 2.76 bits per heavy atom. The summed E-state index contributed by atoms with van der Waals surface area (Å²) < 4.78 is 10.1. The smallest absolute Gasteiger partial charge is 0.323 e. The fourth-order valence-electron chi connectivity index (χ4n) is 3.23. The van der Waals surface area contributed by atoms with Crippen molar-refractivity contribution in [3.05, 3.63) is 59.5 Å². The van der Waals surface area contributed by atoms with Crippen molar-refractivity contribution in [3.63, 3.8) is 0 Å². The average molecular weight is 342 g/mol. The van der Waals surface area contributed by atoms with Gasteiger partial charge >= 0.3 is 5.97 Å². The van der Waals surface area contributed by atoms with Gasteiger partial charge < -0.3 is 14.5 Å². The van der Waals surface area contributed by atoms with Crippen molar-refractivity contribution in [2.45, 2.75) is 32.0 Å². The van der Waals surface area contributed by atoms with Crippen molar-refractivity contribution in [1.29, 1.82) is 0 Å². The van der Waals surface area contributed by atoms with Gasteiger partial charge in [-0.05, 0) is 36.6 Å². The lowest BCUT2D eigenvalue weighted by molar-refractivity contribution is -0.146. The predicted molar refractivity (Wildman–Crippen MR) is 92.0 cm³/mol. The van der Waals surface area contributed by atoms with Crippen molar-refractivity contribution >= 4 is 11.9 Å². The van der Waals surface area contributed by atoms with Gasteiger partial charge in [0.2, 0.25) is 0 Å². The molecule has 1 aliphatic heterocycles. The van der Waals surface area contributed by atoms with Crippen molar-refractivity contribution in [2.24, 2.45) is 0 Å². The van der Waals surface area contributed by atoms with Crippen LogP contribution in [0.5, 0.6) is 0 Å². The number of carbonyl (C=O) groups is 2. The molecule has 6 heteroatoms. The molecule has 1 saturated heterocycles. The van der Waals surface area contributed by atoms with Gasteiger partial charge in [-0.2, -0.15) is 0 Å². The van der Waals surface area contributed by atoms with Crippen LogP contribution in [-0.4, -0.2) is 42.5 Å². The topological polar surface area (TPSA) is 71.8 Å². The summed E-state index contributed by atoms with van der Waals surface area (Å²) in [6, 6.07) is 10.9. The highest BCUT2D eigenvalue weighted by molar-refractivity contribution is 5.91. The van der Waals surface area contributed by atoms with Crippen molar-refractivity contribution in [3.8, 4) is 0 Å². The standard InChI is InChI=1S/C19H22N2O4/c1-13-6-3-4-7-14(13)11-21-12-15(10-16(21)19(23)24-2)20-18(22)17-8-5-9-25-17/h3-9,15-16H,10-12H2,1-2H3,(H,20,22)/t15-,16-/m0/s1. The van der Waals surface area contributed by atoms with E-state index >= 15 is 0 Å². The number of benzene rings is 1. The molecule has 3 rings (SSSR count). The van der Waals surface area contributed by atoms with E-state index in [1.54, 1.807) is 12.1 Å². The van der Waals surface area contributed by atoms with E-state index in [9.17, 15) is 9.59 Å². The number of nitrogens with one attached hydrogen (secondary N) is 1. The third-order valence-corrected chi connectivity index (χ3v) is 4.59. The second-order valence-corrected chi connectivity index (χ2v) is 6.28.